The topological polar surface area (TPSA) is 136 Å². The monoisotopic (exact) mass is 472 g/mol. The molecule has 0 aliphatic rings. The van der Waals surface area contributed by atoms with E-state index in [0.29, 0.717) is 35.3 Å². The Morgan fingerprint density at radius 2 is 1.82 bits per heavy atom. The van der Waals surface area contributed by atoms with E-state index in [4.69, 9.17) is 13.9 Å². The van der Waals surface area contributed by atoms with Gasteiger partial charge >= 0.3 is 10.9 Å². The zero-order chi connectivity index (χ0) is 23.4. The maximum atomic E-state index is 12.7. The number of aryl methyl sites for hydroxylation is 1. The van der Waals surface area contributed by atoms with Gasteiger partial charge in [0.2, 0.25) is 0 Å². The third kappa shape index (κ3) is 4.67. The first-order chi connectivity index (χ1) is 15.9. The second kappa shape index (κ2) is 9.33. The van der Waals surface area contributed by atoms with Gasteiger partial charge in [0.05, 0.1) is 28.7 Å². The number of sulfone groups is 1. The summed E-state index contributed by atoms with van der Waals surface area (Å²) in [6.45, 7) is 2.13. The molecule has 172 valence electrons. The van der Waals surface area contributed by atoms with Crippen LogP contribution < -0.4 is 19.8 Å². The fraction of sp³-hybridized carbons (Fsp3) is 0.227. The van der Waals surface area contributed by atoms with Crippen LogP contribution in [-0.2, 0) is 16.3 Å². The van der Waals surface area contributed by atoms with E-state index in [1.807, 2.05) is 6.92 Å². The molecule has 0 bridgehead atoms. The van der Waals surface area contributed by atoms with Crippen LogP contribution >= 0.6 is 0 Å². The van der Waals surface area contributed by atoms with Crippen LogP contribution in [0.4, 0.5) is 0 Å². The van der Waals surface area contributed by atoms with Crippen LogP contribution in [-0.4, -0.2) is 26.8 Å². The Hall–Kier alpha value is -3.86. The Labute approximate surface area is 188 Å². The maximum absolute atomic E-state index is 12.7. The Morgan fingerprint density at radius 1 is 1.06 bits per heavy atom. The molecule has 4 rings (SSSR count). The second-order valence-corrected chi connectivity index (χ2v) is 8.86. The molecule has 2 aromatic heterocycles. The maximum Gasteiger partial charge on any atom is 0.414 e. The summed E-state index contributed by atoms with van der Waals surface area (Å²) in [5, 5.41) is 15.0. The first-order valence-electron chi connectivity index (χ1n) is 10.1. The summed E-state index contributed by atoms with van der Waals surface area (Å²) in [5.41, 5.74) is 0.323. The molecule has 0 fully saturated rings. The highest BCUT2D eigenvalue weighted by atomic mass is 32.2. The van der Waals surface area contributed by atoms with Crippen molar-refractivity contribution in [1.82, 2.24) is 5.16 Å². The van der Waals surface area contributed by atoms with Crippen LogP contribution in [0.15, 0.2) is 78.4 Å². The lowest BCUT2D eigenvalue weighted by atomic mass is 10.2. The van der Waals surface area contributed by atoms with Gasteiger partial charge in [-0.2, -0.15) is 0 Å². The number of hydrogen-bond acceptors (Lipinski definition) is 9. The number of benzene rings is 2. The van der Waals surface area contributed by atoms with Gasteiger partial charge in [-0.1, -0.05) is 25.1 Å². The first-order valence-corrected chi connectivity index (χ1v) is 11.6. The van der Waals surface area contributed by atoms with Crippen molar-refractivity contribution in [3.8, 4) is 11.6 Å². The van der Waals surface area contributed by atoms with Crippen molar-refractivity contribution in [2.75, 3.05) is 13.2 Å². The number of aromatic nitrogens is 2. The van der Waals surface area contributed by atoms with Crippen LogP contribution in [0.25, 0.3) is 11.0 Å². The molecule has 0 saturated heterocycles. The van der Waals surface area contributed by atoms with Crippen LogP contribution in [0.5, 0.6) is 11.6 Å². The Balaban J connectivity index is 1.38. The number of nitrogens with zero attached hydrogens (tertiary/aromatic N) is 2. The molecule has 0 amide bonds. The van der Waals surface area contributed by atoms with Gasteiger partial charge in [0.15, 0.2) is 5.43 Å². The highest BCUT2D eigenvalue weighted by Crippen LogP contribution is 2.25. The van der Waals surface area contributed by atoms with Gasteiger partial charge in [-0.3, -0.25) is 9.42 Å². The molecule has 0 radical (unpaired) electrons. The summed E-state index contributed by atoms with van der Waals surface area (Å²) in [7, 11) is -4.17. The SMILES string of the molecule is CCc1cc(=O)c2ccc(OCCCOc3no[n+]([O-])c3S(=O)(=O)c3ccccc3)cc2o1. The van der Waals surface area contributed by atoms with Crippen molar-refractivity contribution in [2.24, 2.45) is 0 Å². The van der Waals surface area contributed by atoms with Gasteiger partial charge < -0.3 is 19.1 Å². The third-order valence-corrected chi connectivity index (χ3v) is 6.48. The molecule has 0 N–H and O–H groups in total. The summed E-state index contributed by atoms with van der Waals surface area (Å²) in [5.74, 6) is 0.668. The van der Waals surface area contributed by atoms with E-state index in [1.54, 1.807) is 24.3 Å². The molecule has 2 heterocycles. The fourth-order valence-corrected chi connectivity index (χ4v) is 4.40. The zero-order valence-electron chi connectivity index (χ0n) is 17.6. The summed E-state index contributed by atoms with van der Waals surface area (Å²) >= 11 is 0. The van der Waals surface area contributed by atoms with E-state index in [0.717, 1.165) is 0 Å². The van der Waals surface area contributed by atoms with Crippen molar-refractivity contribution in [2.45, 2.75) is 29.7 Å². The lowest BCUT2D eigenvalue weighted by Crippen LogP contribution is -2.31. The Kier molecular flexibility index (Phi) is 6.31. The largest absolute Gasteiger partial charge is 0.493 e. The average Bonchev–Trinajstić information content (AvgIpc) is 3.20. The van der Waals surface area contributed by atoms with Gasteiger partial charge in [-0.05, 0) is 29.2 Å². The zero-order valence-corrected chi connectivity index (χ0v) is 18.4. The highest BCUT2D eigenvalue weighted by molar-refractivity contribution is 7.91. The second-order valence-electron chi connectivity index (χ2n) is 7.00. The molecule has 33 heavy (non-hydrogen) atoms. The van der Waals surface area contributed by atoms with Gasteiger partial charge in [-0.25, -0.2) is 8.42 Å². The minimum atomic E-state index is -4.17. The lowest BCUT2D eigenvalue weighted by Gasteiger charge is -2.07. The number of fused-ring (bicyclic) bond motifs is 1. The average molecular weight is 472 g/mol. The standard InChI is InChI=1S/C22H20N2O8S/c1-2-15-13-19(25)18-10-9-16(14-20(18)31-15)29-11-6-12-30-21-22(24(26)32-23-21)33(27,28)17-7-4-3-5-8-17/h3-5,7-10,13-14H,2,6,11-12H2,1H3. The molecule has 0 aliphatic carbocycles. The smallest absolute Gasteiger partial charge is 0.414 e. The van der Waals surface area contributed by atoms with Crippen LogP contribution in [0.1, 0.15) is 19.1 Å². The minimum Gasteiger partial charge on any atom is -0.493 e. The normalized spacial score (nSPS) is 11.5. The Bertz CT molecular complexity index is 1430. The van der Waals surface area contributed by atoms with E-state index in [-0.39, 0.29) is 28.4 Å². The third-order valence-electron chi connectivity index (χ3n) is 4.75. The van der Waals surface area contributed by atoms with Crippen LogP contribution in [0, 0.1) is 5.21 Å². The predicted molar refractivity (Wildman–Crippen MR) is 115 cm³/mol. The van der Waals surface area contributed by atoms with Crippen LogP contribution in [0.3, 0.4) is 0 Å². The van der Waals surface area contributed by atoms with Gasteiger partial charge in [0.25, 0.3) is 9.84 Å². The summed E-state index contributed by atoms with van der Waals surface area (Å²) in [6.07, 6.45) is 0.953. The molecular formula is C22H20N2O8S. The molecule has 0 unspecified atom stereocenters. The molecule has 0 aliphatic heterocycles. The number of hydrogen-bond donors (Lipinski definition) is 0. The summed E-state index contributed by atoms with van der Waals surface area (Å²) in [4.78, 5) is 11.8. The molecule has 4 aromatic rings. The predicted octanol–water partition coefficient (Wildman–Crippen LogP) is 2.66. The first kappa shape index (κ1) is 22.3. The van der Waals surface area contributed by atoms with Gasteiger partial charge in [0, 0.05) is 25.0 Å². The molecule has 2 aromatic carbocycles. The lowest BCUT2D eigenvalue weighted by molar-refractivity contribution is -0.832. The van der Waals surface area contributed by atoms with Crippen molar-refractivity contribution >= 4 is 20.8 Å². The van der Waals surface area contributed by atoms with E-state index in [1.165, 1.54) is 30.3 Å². The van der Waals surface area contributed by atoms with E-state index in [2.05, 4.69) is 9.79 Å². The van der Waals surface area contributed by atoms with Crippen molar-refractivity contribution in [1.29, 1.82) is 0 Å². The quantitative estimate of drug-likeness (QED) is 0.266. The summed E-state index contributed by atoms with van der Waals surface area (Å²) in [6, 6.07) is 13.8. The van der Waals surface area contributed by atoms with Crippen molar-refractivity contribution < 1.29 is 31.8 Å². The van der Waals surface area contributed by atoms with E-state index >= 15 is 0 Å². The molecule has 0 atom stereocenters. The van der Waals surface area contributed by atoms with Crippen molar-refractivity contribution in [3.63, 3.8) is 0 Å². The van der Waals surface area contributed by atoms with Gasteiger partial charge in [-0.15, -0.1) is 0 Å². The van der Waals surface area contributed by atoms with E-state index in [9.17, 15) is 18.4 Å². The summed E-state index contributed by atoms with van der Waals surface area (Å²) < 4.78 is 46.6. The van der Waals surface area contributed by atoms with Crippen LogP contribution in [0.2, 0.25) is 0 Å². The molecule has 0 spiro atoms. The Morgan fingerprint density at radius 3 is 2.58 bits per heavy atom. The fourth-order valence-electron chi connectivity index (χ4n) is 3.11. The minimum absolute atomic E-state index is 0.0203. The number of rotatable bonds is 9. The molecule has 11 heteroatoms. The molecule has 0 saturated carbocycles. The van der Waals surface area contributed by atoms with Crippen molar-refractivity contribution in [3.05, 3.63) is 75.8 Å². The van der Waals surface area contributed by atoms with Gasteiger partial charge in [0.1, 0.15) is 17.1 Å². The number of ether oxygens (including phenoxy) is 2. The molecular weight excluding hydrogens is 452 g/mol. The molecule has 10 nitrogen and oxygen atoms in total. The highest BCUT2D eigenvalue weighted by Gasteiger charge is 2.35. The van der Waals surface area contributed by atoms with E-state index < -0.39 is 20.7 Å².